The predicted octanol–water partition coefficient (Wildman–Crippen LogP) is 3.72. The molecule has 174 valence electrons. The van der Waals surface area contributed by atoms with Gasteiger partial charge in [0.25, 0.3) is 5.91 Å². The number of anilines is 2. The molecule has 8 heteroatoms. The number of benzene rings is 3. The zero-order valence-electron chi connectivity index (χ0n) is 19.2. The normalized spacial score (nSPS) is 10.6. The van der Waals surface area contributed by atoms with Gasteiger partial charge in [0, 0.05) is 11.4 Å². The average Bonchev–Trinajstić information content (AvgIpc) is 2.82. The number of hydrazone groups is 1. The first-order valence-corrected chi connectivity index (χ1v) is 10.6. The van der Waals surface area contributed by atoms with E-state index in [1.54, 1.807) is 24.3 Å². The lowest BCUT2D eigenvalue weighted by molar-refractivity contribution is -0.136. The minimum absolute atomic E-state index is 0.132. The fraction of sp³-hybridized carbons (Fsp3) is 0.154. The molecular formula is C26H26N4O4. The second-order valence-corrected chi connectivity index (χ2v) is 7.64. The molecule has 3 aromatic rings. The summed E-state index contributed by atoms with van der Waals surface area (Å²) in [4.78, 5) is 36.2. The smallest absolute Gasteiger partial charge is 0.329 e. The van der Waals surface area contributed by atoms with Crippen LogP contribution in [0.3, 0.4) is 0 Å². The third-order valence-electron chi connectivity index (χ3n) is 4.97. The first-order valence-electron chi connectivity index (χ1n) is 10.6. The van der Waals surface area contributed by atoms with Crippen molar-refractivity contribution >= 4 is 35.3 Å². The second kappa shape index (κ2) is 11.4. The summed E-state index contributed by atoms with van der Waals surface area (Å²) >= 11 is 0. The van der Waals surface area contributed by atoms with E-state index in [9.17, 15) is 14.4 Å². The molecule has 3 rings (SSSR count). The summed E-state index contributed by atoms with van der Waals surface area (Å²) < 4.78 is 5.51. The van der Waals surface area contributed by atoms with Crippen LogP contribution in [0.4, 0.5) is 11.4 Å². The molecule has 0 heterocycles. The zero-order valence-corrected chi connectivity index (χ0v) is 19.2. The summed E-state index contributed by atoms with van der Waals surface area (Å²) in [5, 5.41) is 9.22. The summed E-state index contributed by atoms with van der Waals surface area (Å²) in [6, 6.07) is 19.8. The Hall–Kier alpha value is -4.46. The monoisotopic (exact) mass is 458 g/mol. The van der Waals surface area contributed by atoms with Gasteiger partial charge in [0.15, 0.2) is 6.61 Å². The summed E-state index contributed by atoms with van der Waals surface area (Å²) in [6.45, 7) is 5.48. The Bertz CT molecular complexity index is 1200. The Morgan fingerprint density at radius 3 is 2.12 bits per heavy atom. The Kier molecular flexibility index (Phi) is 8.12. The molecule has 0 bridgehead atoms. The van der Waals surface area contributed by atoms with Gasteiger partial charge in [-0.1, -0.05) is 36.4 Å². The summed E-state index contributed by atoms with van der Waals surface area (Å²) in [7, 11) is 0. The fourth-order valence-electron chi connectivity index (χ4n) is 3.10. The lowest BCUT2D eigenvalue weighted by atomic mass is 10.1. The highest BCUT2D eigenvalue weighted by Gasteiger charge is 2.15. The highest BCUT2D eigenvalue weighted by atomic mass is 16.5. The second-order valence-electron chi connectivity index (χ2n) is 7.64. The average molecular weight is 459 g/mol. The molecule has 0 aliphatic heterocycles. The summed E-state index contributed by atoms with van der Waals surface area (Å²) in [5.41, 5.74) is 6.92. The van der Waals surface area contributed by atoms with Crippen LogP contribution in [0.15, 0.2) is 71.8 Å². The number of carbonyl (C=O) groups excluding carboxylic acids is 3. The number of aryl methyl sites for hydroxylation is 3. The van der Waals surface area contributed by atoms with Gasteiger partial charge in [-0.3, -0.25) is 14.4 Å². The van der Waals surface area contributed by atoms with Gasteiger partial charge >= 0.3 is 11.8 Å². The van der Waals surface area contributed by atoms with Crippen LogP contribution in [0, 0.1) is 20.8 Å². The molecule has 3 amide bonds. The van der Waals surface area contributed by atoms with E-state index < -0.39 is 11.8 Å². The molecule has 0 aliphatic rings. The van der Waals surface area contributed by atoms with Crippen molar-refractivity contribution in [2.75, 3.05) is 17.2 Å². The maximum absolute atomic E-state index is 12.1. The van der Waals surface area contributed by atoms with Crippen molar-refractivity contribution in [2.24, 2.45) is 5.10 Å². The molecule has 0 saturated heterocycles. The van der Waals surface area contributed by atoms with Gasteiger partial charge in [0.2, 0.25) is 0 Å². The van der Waals surface area contributed by atoms with Crippen LogP contribution in [0.2, 0.25) is 0 Å². The molecule has 0 radical (unpaired) electrons. The van der Waals surface area contributed by atoms with Crippen molar-refractivity contribution in [2.45, 2.75) is 20.8 Å². The summed E-state index contributed by atoms with van der Waals surface area (Å²) in [6.07, 6.45) is 1.40. The quantitative estimate of drug-likeness (QED) is 0.285. The summed E-state index contributed by atoms with van der Waals surface area (Å²) in [5.74, 6) is -1.43. The lowest BCUT2D eigenvalue weighted by Gasteiger charge is -2.10. The number of hydrogen-bond acceptors (Lipinski definition) is 5. The van der Waals surface area contributed by atoms with Crippen LogP contribution in [0.25, 0.3) is 0 Å². The lowest BCUT2D eigenvalue weighted by Crippen LogP contribution is -2.32. The Balaban J connectivity index is 1.46. The van der Waals surface area contributed by atoms with Crippen LogP contribution in [0.1, 0.15) is 22.3 Å². The van der Waals surface area contributed by atoms with Crippen molar-refractivity contribution in [1.29, 1.82) is 0 Å². The predicted molar refractivity (Wildman–Crippen MR) is 132 cm³/mol. The van der Waals surface area contributed by atoms with Crippen molar-refractivity contribution < 1.29 is 19.1 Å². The number of carbonyl (C=O) groups is 3. The molecular weight excluding hydrogens is 432 g/mol. The third kappa shape index (κ3) is 6.77. The number of nitrogens with zero attached hydrogens (tertiary/aromatic N) is 1. The minimum atomic E-state index is -0.876. The van der Waals surface area contributed by atoms with E-state index in [-0.39, 0.29) is 12.5 Å². The Morgan fingerprint density at radius 2 is 1.44 bits per heavy atom. The van der Waals surface area contributed by atoms with Gasteiger partial charge in [-0.15, -0.1) is 0 Å². The molecule has 3 N–H and O–H groups in total. The molecule has 0 spiro atoms. The third-order valence-corrected chi connectivity index (χ3v) is 4.97. The molecule has 0 unspecified atom stereocenters. The number of ether oxygens (including phenoxy) is 1. The van der Waals surface area contributed by atoms with Crippen LogP contribution in [0.5, 0.6) is 5.75 Å². The van der Waals surface area contributed by atoms with Crippen LogP contribution in [-0.4, -0.2) is 30.5 Å². The topological polar surface area (TPSA) is 109 Å². The van der Waals surface area contributed by atoms with Crippen LogP contribution < -0.4 is 20.8 Å². The number of rotatable bonds is 7. The largest absolute Gasteiger partial charge is 0.484 e. The maximum atomic E-state index is 12.1. The van der Waals surface area contributed by atoms with E-state index in [1.165, 1.54) is 6.21 Å². The first-order chi connectivity index (χ1) is 16.3. The van der Waals surface area contributed by atoms with Gasteiger partial charge in [-0.25, -0.2) is 5.43 Å². The van der Waals surface area contributed by atoms with E-state index in [1.807, 2.05) is 63.2 Å². The molecule has 0 saturated carbocycles. The zero-order chi connectivity index (χ0) is 24.5. The van der Waals surface area contributed by atoms with Crippen LogP contribution in [-0.2, 0) is 14.4 Å². The molecule has 0 atom stereocenters. The molecule has 34 heavy (non-hydrogen) atoms. The van der Waals surface area contributed by atoms with Crippen molar-refractivity contribution in [3.8, 4) is 5.75 Å². The van der Waals surface area contributed by atoms with E-state index in [4.69, 9.17) is 4.74 Å². The van der Waals surface area contributed by atoms with Crippen molar-refractivity contribution in [1.82, 2.24) is 5.43 Å². The molecule has 0 aliphatic carbocycles. The molecule has 3 aromatic carbocycles. The van der Waals surface area contributed by atoms with E-state index in [0.717, 1.165) is 22.4 Å². The van der Waals surface area contributed by atoms with Gasteiger partial charge in [0.1, 0.15) is 5.75 Å². The molecule has 0 aromatic heterocycles. The van der Waals surface area contributed by atoms with Crippen molar-refractivity contribution in [3.05, 3.63) is 89.0 Å². The molecule has 8 nitrogen and oxygen atoms in total. The van der Waals surface area contributed by atoms with Gasteiger partial charge < -0.3 is 15.4 Å². The number of amides is 3. The first kappa shape index (κ1) is 24.2. The number of para-hydroxylation sites is 2. The highest BCUT2D eigenvalue weighted by molar-refractivity contribution is 6.39. The SMILES string of the molecule is Cc1ccccc1NC(=O)COc1ccc(/C=N\NC(=O)C(=O)Nc2c(C)cccc2C)cc1. The van der Waals surface area contributed by atoms with Gasteiger partial charge in [0.05, 0.1) is 6.21 Å². The minimum Gasteiger partial charge on any atom is -0.484 e. The van der Waals surface area contributed by atoms with Gasteiger partial charge in [-0.05, 0) is 73.4 Å². The van der Waals surface area contributed by atoms with Gasteiger partial charge in [-0.2, -0.15) is 5.10 Å². The van der Waals surface area contributed by atoms with E-state index in [2.05, 4.69) is 21.2 Å². The van der Waals surface area contributed by atoms with E-state index >= 15 is 0 Å². The fourth-order valence-corrected chi connectivity index (χ4v) is 3.10. The number of nitrogens with one attached hydrogen (secondary N) is 3. The van der Waals surface area contributed by atoms with E-state index in [0.29, 0.717) is 17.0 Å². The standard InChI is InChI=1S/C26H26N4O4/c1-17-7-4-5-10-22(17)28-23(31)16-34-21-13-11-20(12-14-21)15-27-30-26(33)25(32)29-24-18(2)8-6-9-19(24)3/h4-15H,16H2,1-3H3,(H,28,31)(H,29,32)(H,30,33)/b27-15-. The Morgan fingerprint density at radius 1 is 0.794 bits per heavy atom. The molecule has 0 fully saturated rings. The van der Waals surface area contributed by atoms with Crippen LogP contribution >= 0.6 is 0 Å². The Labute approximate surface area is 198 Å². The number of hydrogen-bond donors (Lipinski definition) is 3. The maximum Gasteiger partial charge on any atom is 0.329 e. The van der Waals surface area contributed by atoms with Crippen molar-refractivity contribution in [3.63, 3.8) is 0 Å². The highest BCUT2D eigenvalue weighted by Crippen LogP contribution is 2.19.